The van der Waals surface area contributed by atoms with Crippen molar-refractivity contribution < 1.29 is 22.8 Å². The van der Waals surface area contributed by atoms with Gasteiger partial charge >= 0.3 is 6.18 Å². The molecule has 0 saturated heterocycles. The van der Waals surface area contributed by atoms with Crippen LogP contribution in [0.5, 0.6) is 0 Å². The summed E-state index contributed by atoms with van der Waals surface area (Å²) < 4.78 is 40.7. The number of alkyl halides is 3. The Hall–Kier alpha value is -3.21. The minimum atomic E-state index is -4.63. The summed E-state index contributed by atoms with van der Waals surface area (Å²) >= 11 is 1.04. The Balaban J connectivity index is 1.84. The molecule has 11 heteroatoms. The van der Waals surface area contributed by atoms with E-state index in [1.165, 1.54) is 27.9 Å². The minimum absolute atomic E-state index is 0.145. The van der Waals surface area contributed by atoms with Gasteiger partial charge in [-0.1, -0.05) is 12.1 Å². The number of amides is 2. The van der Waals surface area contributed by atoms with Crippen molar-refractivity contribution in [2.75, 3.05) is 18.4 Å². The van der Waals surface area contributed by atoms with Crippen LogP contribution < -0.4 is 10.9 Å². The summed E-state index contributed by atoms with van der Waals surface area (Å²) in [7, 11) is 1.55. The molecular weight excluding hydrogens is 433 g/mol. The summed E-state index contributed by atoms with van der Waals surface area (Å²) in [5.41, 5.74) is -1.18. The molecule has 0 radical (unpaired) electrons. The molecule has 2 aromatic heterocycles. The Kier molecular flexibility index (Phi) is 6.16. The molecule has 1 aromatic carbocycles. The van der Waals surface area contributed by atoms with Gasteiger partial charge in [-0.05, 0) is 31.5 Å². The number of hydrogen-bond acceptors (Lipinski definition) is 5. The number of carbonyl (C=O) groups excluding carboxylic acids is 2. The summed E-state index contributed by atoms with van der Waals surface area (Å²) in [4.78, 5) is 43.8. The standard InChI is InChI=1S/C20H19F3N4O3S/c1-4-27(9-14(28)25-13-8-6-5-7-12(13)20(21,22)23)19(30)16-11(2)15-17(31-16)24-10-26(3)18(15)29/h5-8,10H,4,9H2,1-3H3,(H,25,28). The van der Waals surface area contributed by atoms with E-state index in [1.807, 2.05) is 0 Å². The molecule has 0 saturated carbocycles. The lowest BCUT2D eigenvalue weighted by atomic mass is 10.1. The number of likely N-dealkylation sites (N-methyl/N-ethyl adjacent to an activating group) is 1. The van der Waals surface area contributed by atoms with Crippen molar-refractivity contribution in [1.29, 1.82) is 0 Å². The van der Waals surface area contributed by atoms with Crippen molar-refractivity contribution in [1.82, 2.24) is 14.5 Å². The summed E-state index contributed by atoms with van der Waals surface area (Å²) in [6.45, 7) is 2.98. The first kappa shape index (κ1) is 22.5. The Morgan fingerprint density at radius 1 is 1.26 bits per heavy atom. The number of aryl methyl sites for hydroxylation is 2. The number of nitrogens with zero attached hydrogens (tertiary/aromatic N) is 3. The van der Waals surface area contributed by atoms with Crippen molar-refractivity contribution in [2.45, 2.75) is 20.0 Å². The molecule has 0 bridgehead atoms. The highest BCUT2D eigenvalue weighted by Gasteiger charge is 2.34. The predicted octanol–water partition coefficient (Wildman–Crippen LogP) is 3.42. The third-order valence-electron chi connectivity index (χ3n) is 4.71. The topological polar surface area (TPSA) is 84.3 Å². The van der Waals surface area contributed by atoms with E-state index in [1.54, 1.807) is 20.9 Å². The molecule has 0 atom stereocenters. The first-order valence-corrected chi connectivity index (χ1v) is 10.1. The summed E-state index contributed by atoms with van der Waals surface area (Å²) in [5, 5.41) is 2.56. The van der Waals surface area contributed by atoms with E-state index in [0.29, 0.717) is 15.8 Å². The molecule has 3 rings (SSSR count). The van der Waals surface area contributed by atoms with Crippen molar-refractivity contribution in [3.8, 4) is 0 Å². The average molecular weight is 452 g/mol. The third kappa shape index (κ3) is 4.46. The maximum atomic E-state index is 13.1. The molecule has 0 aliphatic carbocycles. The molecule has 3 aromatic rings. The Bertz CT molecular complexity index is 1220. The van der Waals surface area contributed by atoms with Crippen LogP contribution >= 0.6 is 11.3 Å². The second-order valence-corrected chi connectivity index (χ2v) is 7.81. The lowest BCUT2D eigenvalue weighted by Gasteiger charge is -2.21. The van der Waals surface area contributed by atoms with E-state index in [9.17, 15) is 27.6 Å². The zero-order valence-electron chi connectivity index (χ0n) is 16.9. The van der Waals surface area contributed by atoms with E-state index < -0.39 is 30.1 Å². The first-order chi connectivity index (χ1) is 14.5. The Labute approximate surface area is 179 Å². The molecule has 0 spiro atoms. The van der Waals surface area contributed by atoms with Crippen LogP contribution in [0.2, 0.25) is 0 Å². The van der Waals surface area contributed by atoms with Crippen LogP contribution in [-0.4, -0.2) is 39.4 Å². The van der Waals surface area contributed by atoms with E-state index in [4.69, 9.17) is 0 Å². The molecule has 1 N–H and O–H groups in total. The van der Waals surface area contributed by atoms with Gasteiger partial charge in [0.15, 0.2) is 0 Å². The highest BCUT2D eigenvalue weighted by atomic mass is 32.1. The van der Waals surface area contributed by atoms with Gasteiger partial charge in [0, 0.05) is 13.6 Å². The zero-order valence-corrected chi connectivity index (χ0v) is 17.7. The number of fused-ring (bicyclic) bond motifs is 1. The number of carbonyl (C=O) groups is 2. The summed E-state index contributed by atoms with van der Waals surface area (Å²) in [6.07, 6.45) is -3.27. The molecule has 0 fully saturated rings. The molecule has 0 aliphatic heterocycles. The molecule has 2 amide bonds. The lowest BCUT2D eigenvalue weighted by molar-refractivity contribution is -0.137. The second-order valence-electron chi connectivity index (χ2n) is 6.81. The molecule has 2 heterocycles. The van der Waals surface area contributed by atoms with Crippen molar-refractivity contribution in [2.24, 2.45) is 7.05 Å². The fraction of sp³-hybridized carbons (Fsp3) is 0.300. The monoisotopic (exact) mass is 452 g/mol. The van der Waals surface area contributed by atoms with Crippen LogP contribution in [0.3, 0.4) is 0 Å². The second kappa shape index (κ2) is 8.50. The van der Waals surface area contributed by atoms with E-state index >= 15 is 0 Å². The van der Waals surface area contributed by atoms with E-state index in [0.717, 1.165) is 23.5 Å². The van der Waals surface area contributed by atoms with Crippen LogP contribution in [0, 0.1) is 6.92 Å². The van der Waals surface area contributed by atoms with Gasteiger partial charge in [-0.15, -0.1) is 11.3 Å². The largest absolute Gasteiger partial charge is 0.418 e. The van der Waals surface area contributed by atoms with Crippen LogP contribution in [0.25, 0.3) is 10.2 Å². The Morgan fingerprint density at radius 3 is 2.58 bits per heavy atom. The van der Waals surface area contributed by atoms with Gasteiger partial charge in [-0.3, -0.25) is 14.4 Å². The zero-order chi connectivity index (χ0) is 22.9. The molecule has 164 valence electrons. The fourth-order valence-electron chi connectivity index (χ4n) is 3.09. The molecular formula is C20H19F3N4O3S. The van der Waals surface area contributed by atoms with Crippen molar-refractivity contribution in [3.63, 3.8) is 0 Å². The van der Waals surface area contributed by atoms with Crippen molar-refractivity contribution >= 4 is 39.1 Å². The summed E-state index contributed by atoms with van der Waals surface area (Å²) in [6, 6.07) is 4.62. The first-order valence-electron chi connectivity index (χ1n) is 9.24. The Morgan fingerprint density at radius 2 is 1.94 bits per heavy atom. The number of hydrogen-bond donors (Lipinski definition) is 1. The average Bonchev–Trinajstić information content (AvgIpc) is 3.05. The van der Waals surface area contributed by atoms with E-state index in [-0.39, 0.29) is 22.7 Å². The van der Waals surface area contributed by atoms with E-state index in [2.05, 4.69) is 10.3 Å². The number of thiophene rings is 1. The SMILES string of the molecule is CCN(CC(=O)Nc1ccccc1C(F)(F)F)C(=O)c1sc2ncn(C)c(=O)c2c1C. The number of halogens is 3. The molecule has 7 nitrogen and oxygen atoms in total. The van der Waals surface area contributed by atoms with Gasteiger partial charge in [0.25, 0.3) is 11.5 Å². The highest BCUT2D eigenvalue weighted by Crippen LogP contribution is 2.34. The summed E-state index contributed by atoms with van der Waals surface area (Å²) in [5.74, 6) is -1.26. The normalized spacial score (nSPS) is 11.5. The molecule has 0 unspecified atom stereocenters. The lowest BCUT2D eigenvalue weighted by Crippen LogP contribution is -2.38. The van der Waals surface area contributed by atoms with Gasteiger partial charge in [0.2, 0.25) is 5.91 Å². The highest BCUT2D eigenvalue weighted by molar-refractivity contribution is 7.20. The van der Waals surface area contributed by atoms with Crippen LogP contribution in [0.15, 0.2) is 35.4 Å². The number of benzene rings is 1. The van der Waals surface area contributed by atoms with Gasteiger partial charge < -0.3 is 14.8 Å². The van der Waals surface area contributed by atoms with Gasteiger partial charge in [-0.25, -0.2) is 4.98 Å². The molecule has 0 aliphatic rings. The quantitative estimate of drug-likeness (QED) is 0.643. The van der Waals surface area contributed by atoms with Gasteiger partial charge in [-0.2, -0.15) is 13.2 Å². The van der Waals surface area contributed by atoms with Crippen LogP contribution in [-0.2, 0) is 18.0 Å². The van der Waals surface area contributed by atoms with Crippen LogP contribution in [0.4, 0.5) is 18.9 Å². The minimum Gasteiger partial charge on any atom is -0.329 e. The number of aromatic nitrogens is 2. The fourth-order valence-corrected chi connectivity index (χ4v) is 4.19. The third-order valence-corrected chi connectivity index (χ3v) is 5.90. The smallest absolute Gasteiger partial charge is 0.329 e. The number of rotatable bonds is 5. The predicted molar refractivity (Wildman–Crippen MR) is 111 cm³/mol. The number of nitrogens with one attached hydrogen (secondary N) is 1. The van der Waals surface area contributed by atoms with Gasteiger partial charge in [0.1, 0.15) is 11.4 Å². The van der Waals surface area contributed by atoms with Crippen LogP contribution in [0.1, 0.15) is 27.7 Å². The van der Waals surface area contributed by atoms with Crippen molar-refractivity contribution in [3.05, 3.63) is 57.0 Å². The maximum Gasteiger partial charge on any atom is 0.418 e. The molecule has 31 heavy (non-hydrogen) atoms. The number of para-hydroxylation sites is 1. The number of anilines is 1. The maximum absolute atomic E-state index is 13.1. The van der Waals surface area contributed by atoms with Gasteiger partial charge in [0.05, 0.1) is 27.8 Å².